The molecule has 5 nitrogen and oxygen atoms in total. The van der Waals surface area contributed by atoms with E-state index in [0.29, 0.717) is 11.8 Å². The van der Waals surface area contributed by atoms with Crippen molar-refractivity contribution in [2.24, 2.45) is 0 Å². The average Bonchev–Trinajstić information content (AvgIpc) is 3.09. The molecule has 1 aromatic heterocycles. The quantitative estimate of drug-likeness (QED) is 0.691. The van der Waals surface area contributed by atoms with Crippen molar-refractivity contribution >= 4 is 0 Å². The highest BCUT2D eigenvalue weighted by molar-refractivity contribution is 5.53. The van der Waals surface area contributed by atoms with E-state index < -0.39 is 0 Å². The van der Waals surface area contributed by atoms with E-state index in [1.54, 1.807) is 7.11 Å². The van der Waals surface area contributed by atoms with Crippen molar-refractivity contribution in [1.29, 1.82) is 0 Å². The van der Waals surface area contributed by atoms with Crippen LogP contribution in [0.2, 0.25) is 0 Å². The highest BCUT2D eigenvalue weighted by Gasteiger charge is 2.10. The number of aromatic nitrogens is 2. The number of benzene rings is 2. The number of hydrogen-bond donors (Lipinski definition) is 0. The van der Waals surface area contributed by atoms with Gasteiger partial charge in [0, 0.05) is 5.56 Å². The number of rotatable bonds is 6. The maximum Gasteiger partial charge on any atom is 0.254 e. The lowest BCUT2D eigenvalue weighted by Crippen LogP contribution is -1.98. The third-order valence-corrected chi connectivity index (χ3v) is 3.51. The third kappa shape index (κ3) is 3.51. The Balaban J connectivity index is 1.69. The summed E-state index contributed by atoms with van der Waals surface area (Å²) in [7, 11) is 1.63. The summed E-state index contributed by atoms with van der Waals surface area (Å²) >= 11 is 0. The molecule has 0 atom stereocenters. The fourth-order valence-electron chi connectivity index (χ4n) is 2.24. The van der Waals surface area contributed by atoms with Crippen LogP contribution in [0.25, 0.3) is 11.5 Å². The van der Waals surface area contributed by atoms with Crippen LogP contribution in [0.1, 0.15) is 18.4 Å². The summed E-state index contributed by atoms with van der Waals surface area (Å²) in [6.07, 6.45) is 0.914. The summed E-state index contributed by atoms with van der Waals surface area (Å²) in [5.74, 6) is 2.55. The molecule has 0 N–H and O–H groups in total. The molecule has 3 rings (SSSR count). The van der Waals surface area contributed by atoms with E-state index >= 15 is 0 Å². The molecule has 0 unspecified atom stereocenters. The number of nitrogens with zero attached hydrogens (tertiary/aromatic N) is 2. The van der Waals surface area contributed by atoms with E-state index in [0.717, 1.165) is 29.0 Å². The fourth-order valence-corrected chi connectivity index (χ4v) is 2.24. The average molecular weight is 310 g/mol. The number of aryl methyl sites for hydroxylation is 1. The zero-order valence-electron chi connectivity index (χ0n) is 13.2. The van der Waals surface area contributed by atoms with E-state index in [1.807, 2.05) is 48.5 Å². The molecule has 2 aromatic carbocycles. The standard InChI is InChI=1S/C18H18N2O3/c1-3-13-6-4-5-7-16(13)22-12-17-19-20-18(23-17)14-8-10-15(21-2)11-9-14/h4-11H,3,12H2,1-2H3. The molecular formula is C18H18N2O3. The second kappa shape index (κ2) is 6.96. The molecule has 0 fully saturated rings. The monoisotopic (exact) mass is 310 g/mol. The molecule has 23 heavy (non-hydrogen) atoms. The number of ether oxygens (including phenoxy) is 2. The lowest BCUT2D eigenvalue weighted by Gasteiger charge is -2.07. The minimum Gasteiger partial charge on any atom is -0.497 e. The summed E-state index contributed by atoms with van der Waals surface area (Å²) in [4.78, 5) is 0. The van der Waals surface area contributed by atoms with Gasteiger partial charge in [0.2, 0.25) is 5.89 Å². The first-order valence-electron chi connectivity index (χ1n) is 7.47. The molecule has 3 aromatic rings. The van der Waals surface area contributed by atoms with Crippen molar-refractivity contribution in [3.63, 3.8) is 0 Å². The molecule has 0 spiro atoms. The fraction of sp³-hybridized carbons (Fsp3) is 0.222. The van der Waals surface area contributed by atoms with Gasteiger partial charge in [-0.05, 0) is 42.3 Å². The van der Waals surface area contributed by atoms with Crippen LogP contribution in [0, 0.1) is 0 Å². The Hall–Kier alpha value is -2.82. The number of hydrogen-bond acceptors (Lipinski definition) is 5. The van der Waals surface area contributed by atoms with Gasteiger partial charge in [-0.2, -0.15) is 0 Å². The van der Waals surface area contributed by atoms with Gasteiger partial charge in [0.05, 0.1) is 7.11 Å². The van der Waals surface area contributed by atoms with Gasteiger partial charge < -0.3 is 13.9 Å². The van der Waals surface area contributed by atoms with Crippen molar-refractivity contribution in [3.05, 3.63) is 60.0 Å². The lowest BCUT2D eigenvalue weighted by molar-refractivity contribution is 0.262. The minimum absolute atomic E-state index is 0.250. The molecule has 0 aliphatic carbocycles. The van der Waals surface area contributed by atoms with E-state index in [4.69, 9.17) is 13.9 Å². The van der Waals surface area contributed by atoms with Crippen LogP contribution in [0.5, 0.6) is 11.5 Å². The Morgan fingerprint density at radius 1 is 1.00 bits per heavy atom. The second-order valence-electron chi connectivity index (χ2n) is 4.98. The molecule has 0 radical (unpaired) electrons. The molecule has 0 aliphatic heterocycles. The van der Waals surface area contributed by atoms with Gasteiger partial charge in [-0.25, -0.2) is 0 Å². The van der Waals surface area contributed by atoms with Gasteiger partial charge in [0.15, 0.2) is 6.61 Å². The predicted molar refractivity (Wildman–Crippen MR) is 86.4 cm³/mol. The molecule has 5 heteroatoms. The van der Waals surface area contributed by atoms with E-state index in [-0.39, 0.29) is 6.61 Å². The van der Waals surface area contributed by atoms with E-state index in [1.165, 1.54) is 0 Å². The van der Waals surface area contributed by atoms with E-state index in [9.17, 15) is 0 Å². The summed E-state index contributed by atoms with van der Waals surface area (Å²) in [5.41, 5.74) is 2.00. The Labute approximate surface area is 134 Å². The predicted octanol–water partition coefficient (Wildman–Crippen LogP) is 3.89. The SMILES string of the molecule is CCc1ccccc1OCc1nnc(-c2ccc(OC)cc2)o1. The van der Waals surface area contributed by atoms with Crippen LogP contribution >= 0.6 is 0 Å². The first kappa shape index (κ1) is 15.1. The summed E-state index contributed by atoms with van der Waals surface area (Å²) in [6, 6.07) is 15.4. The zero-order valence-corrected chi connectivity index (χ0v) is 13.2. The molecule has 0 aliphatic rings. The zero-order chi connectivity index (χ0) is 16.1. The molecule has 0 saturated heterocycles. The molecule has 0 bridgehead atoms. The maximum absolute atomic E-state index is 5.78. The first-order chi connectivity index (χ1) is 11.3. The normalized spacial score (nSPS) is 10.5. The van der Waals surface area contributed by atoms with Crippen molar-refractivity contribution in [2.75, 3.05) is 7.11 Å². The Morgan fingerprint density at radius 2 is 1.78 bits per heavy atom. The summed E-state index contributed by atoms with van der Waals surface area (Å²) in [5, 5.41) is 8.09. The Kier molecular flexibility index (Phi) is 4.57. The first-order valence-corrected chi connectivity index (χ1v) is 7.47. The van der Waals surface area contributed by atoms with Crippen LogP contribution < -0.4 is 9.47 Å². The molecule has 0 saturated carbocycles. The highest BCUT2D eigenvalue weighted by Crippen LogP contribution is 2.23. The van der Waals surface area contributed by atoms with Crippen LogP contribution in [0.3, 0.4) is 0 Å². The number of methoxy groups -OCH3 is 1. The Morgan fingerprint density at radius 3 is 2.52 bits per heavy atom. The lowest BCUT2D eigenvalue weighted by atomic mass is 10.1. The largest absolute Gasteiger partial charge is 0.497 e. The van der Waals surface area contributed by atoms with Crippen LogP contribution in [0.4, 0.5) is 0 Å². The van der Waals surface area contributed by atoms with Crippen molar-refractivity contribution in [3.8, 4) is 23.0 Å². The topological polar surface area (TPSA) is 57.4 Å². The van der Waals surface area contributed by atoms with Gasteiger partial charge >= 0.3 is 0 Å². The van der Waals surface area contributed by atoms with Crippen LogP contribution in [-0.4, -0.2) is 17.3 Å². The van der Waals surface area contributed by atoms with Gasteiger partial charge in [-0.15, -0.1) is 10.2 Å². The molecule has 118 valence electrons. The molecular weight excluding hydrogens is 292 g/mol. The van der Waals surface area contributed by atoms with Crippen LogP contribution in [0.15, 0.2) is 52.9 Å². The highest BCUT2D eigenvalue weighted by atomic mass is 16.5. The maximum atomic E-state index is 5.78. The van der Waals surface area contributed by atoms with Gasteiger partial charge in [-0.1, -0.05) is 25.1 Å². The van der Waals surface area contributed by atoms with Crippen molar-refractivity contribution in [2.45, 2.75) is 20.0 Å². The van der Waals surface area contributed by atoms with Crippen molar-refractivity contribution in [1.82, 2.24) is 10.2 Å². The summed E-state index contributed by atoms with van der Waals surface area (Å²) < 4.78 is 16.6. The van der Waals surface area contributed by atoms with E-state index in [2.05, 4.69) is 17.1 Å². The Bertz CT molecular complexity index is 766. The molecule has 0 amide bonds. The van der Waals surface area contributed by atoms with Crippen LogP contribution in [-0.2, 0) is 13.0 Å². The summed E-state index contributed by atoms with van der Waals surface area (Å²) in [6.45, 7) is 2.34. The van der Waals surface area contributed by atoms with Gasteiger partial charge in [0.1, 0.15) is 11.5 Å². The van der Waals surface area contributed by atoms with Crippen molar-refractivity contribution < 1.29 is 13.9 Å². The third-order valence-electron chi connectivity index (χ3n) is 3.51. The van der Waals surface area contributed by atoms with Gasteiger partial charge in [-0.3, -0.25) is 0 Å². The smallest absolute Gasteiger partial charge is 0.254 e. The number of para-hydroxylation sites is 1. The van der Waals surface area contributed by atoms with Gasteiger partial charge in [0.25, 0.3) is 5.89 Å². The molecule has 1 heterocycles. The second-order valence-corrected chi connectivity index (χ2v) is 4.98. The minimum atomic E-state index is 0.250.